The lowest BCUT2D eigenvalue weighted by atomic mass is 9.64. The number of benzene rings is 3. The summed E-state index contributed by atoms with van der Waals surface area (Å²) < 4.78 is 0. The Bertz CT molecular complexity index is 1020. The molecule has 0 saturated heterocycles. The Morgan fingerprint density at radius 3 is 1.53 bits per heavy atom. The Labute approximate surface area is 198 Å². The summed E-state index contributed by atoms with van der Waals surface area (Å²) in [5, 5.41) is 12.3. The second-order valence-electron chi connectivity index (χ2n) is 8.21. The second kappa shape index (κ2) is 10.9. The fourth-order valence-electron chi connectivity index (χ4n) is 4.15. The molecule has 0 radical (unpaired) electrons. The fraction of sp³-hybridized carbons (Fsp3) is 0.222. The van der Waals surface area contributed by atoms with Crippen LogP contribution >= 0.6 is 0 Å². The lowest BCUT2D eigenvalue weighted by Gasteiger charge is -2.37. The van der Waals surface area contributed by atoms with Crippen LogP contribution in [0.1, 0.15) is 30.0 Å². The number of carbonyl (C=O) groups excluding carboxylic acids is 3. The summed E-state index contributed by atoms with van der Waals surface area (Å²) in [7, 11) is 0. The van der Waals surface area contributed by atoms with Gasteiger partial charge in [0, 0.05) is 0 Å². The SMILES string of the molecule is C[C@@H](O)[C@H](N)C(=O)N[C@@H](CC(N)=O)C(=O)C(c1ccccc1)(c1ccccc1)c1ccccc1. The zero-order valence-corrected chi connectivity index (χ0v) is 18.9. The molecule has 0 saturated carbocycles. The Balaban J connectivity index is 2.26. The standard InChI is InChI=1S/C27H29N3O4/c1-18(31)24(29)26(34)30-22(17-23(28)32)25(33)27(19-11-5-2-6-12-19,20-13-7-3-8-14-20)21-15-9-4-10-16-21/h2-16,18,22,24,31H,17,29H2,1H3,(H2,28,32)(H,30,34)/t18-,22+,24+/m1/s1. The van der Waals surface area contributed by atoms with Gasteiger partial charge in [0.15, 0.2) is 5.78 Å². The third-order valence-corrected chi connectivity index (χ3v) is 5.85. The van der Waals surface area contributed by atoms with Gasteiger partial charge in [-0.3, -0.25) is 14.4 Å². The van der Waals surface area contributed by atoms with Crippen LogP contribution in [0.4, 0.5) is 0 Å². The number of Topliss-reactive ketones (excluding diaryl/α,β-unsaturated/α-hetero) is 1. The Kier molecular flexibility index (Phi) is 7.94. The molecule has 0 spiro atoms. The normalized spacial score (nSPS) is 14.0. The van der Waals surface area contributed by atoms with Crippen LogP contribution in [0.5, 0.6) is 0 Å². The Morgan fingerprint density at radius 1 is 0.824 bits per heavy atom. The lowest BCUT2D eigenvalue weighted by molar-refractivity contribution is -0.133. The Morgan fingerprint density at radius 2 is 1.21 bits per heavy atom. The van der Waals surface area contributed by atoms with Gasteiger partial charge in [0.25, 0.3) is 0 Å². The molecule has 3 rings (SSSR count). The van der Waals surface area contributed by atoms with Gasteiger partial charge in [-0.15, -0.1) is 0 Å². The number of amides is 2. The number of ketones is 1. The molecule has 3 aromatic carbocycles. The maximum atomic E-state index is 14.5. The van der Waals surface area contributed by atoms with E-state index >= 15 is 0 Å². The average molecular weight is 460 g/mol. The van der Waals surface area contributed by atoms with Gasteiger partial charge in [0.05, 0.1) is 18.6 Å². The van der Waals surface area contributed by atoms with E-state index in [0.717, 1.165) is 0 Å². The minimum absolute atomic E-state index is 0.425. The number of aliphatic hydroxyl groups is 1. The zero-order chi connectivity index (χ0) is 24.7. The topological polar surface area (TPSA) is 136 Å². The lowest BCUT2D eigenvalue weighted by Crippen LogP contribution is -2.57. The summed E-state index contributed by atoms with van der Waals surface area (Å²) >= 11 is 0. The summed E-state index contributed by atoms with van der Waals surface area (Å²) in [6.07, 6.45) is -1.57. The molecule has 0 aliphatic carbocycles. The molecule has 0 aliphatic rings. The molecular weight excluding hydrogens is 430 g/mol. The monoisotopic (exact) mass is 459 g/mol. The van der Waals surface area contributed by atoms with Gasteiger partial charge in [-0.25, -0.2) is 0 Å². The molecule has 0 aromatic heterocycles. The van der Waals surface area contributed by atoms with Crippen molar-refractivity contribution in [2.24, 2.45) is 11.5 Å². The fourth-order valence-corrected chi connectivity index (χ4v) is 4.15. The summed E-state index contributed by atoms with van der Waals surface area (Å²) in [5.74, 6) is -1.95. The highest BCUT2D eigenvalue weighted by atomic mass is 16.3. The molecule has 7 nitrogen and oxygen atoms in total. The molecule has 176 valence electrons. The second-order valence-corrected chi connectivity index (χ2v) is 8.21. The van der Waals surface area contributed by atoms with Crippen molar-refractivity contribution in [3.63, 3.8) is 0 Å². The summed E-state index contributed by atoms with van der Waals surface area (Å²) in [5.41, 5.74) is 11.9. The van der Waals surface area contributed by atoms with E-state index in [-0.39, 0.29) is 0 Å². The van der Waals surface area contributed by atoms with Crippen LogP contribution in [0.2, 0.25) is 0 Å². The third-order valence-electron chi connectivity index (χ3n) is 5.85. The van der Waals surface area contributed by atoms with E-state index in [2.05, 4.69) is 5.32 Å². The molecule has 34 heavy (non-hydrogen) atoms. The smallest absolute Gasteiger partial charge is 0.240 e. The van der Waals surface area contributed by atoms with Crippen molar-refractivity contribution in [3.8, 4) is 0 Å². The number of carbonyl (C=O) groups is 3. The van der Waals surface area contributed by atoms with E-state index in [1.165, 1.54) is 6.92 Å². The molecule has 0 aliphatic heterocycles. The number of primary amides is 1. The summed E-state index contributed by atoms with van der Waals surface area (Å²) in [6.45, 7) is 1.37. The molecule has 3 atom stereocenters. The van der Waals surface area contributed by atoms with Crippen molar-refractivity contribution < 1.29 is 19.5 Å². The van der Waals surface area contributed by atoms with Gasteiger partial charge in [-0.2, -0.15) is 0 Å². The minimum atomic E-state index is -1.36. The van der Waals surface area contributed by atoms with E-state index in [1.807, 2.05) is 91.0 Å². The first-order chi connectivity index (χ1) is 16.3. The first-order valence-electron chi connectivity index (χ1n) is 11.0. The first-order valence-corrected chi connectivity index (χ1v) is 11.0. The maximum Gasteiger partial charge on any atom is 0.240 e. The van der Waals surface area contributed by atoms with E-state index in [9.17, 15) is 19.5 Å². The number of nitrogens with one attached hydrogen (secondary N) is 1. The molecule has 2 amide bonds. The van der Waals surface area contributed by atoms with E-state index in [1.54, 1.807) is 0 Å². The predicted molar refractivity (Wildman–Crippen MR) is 130 cm³/mol. The van der Waals surface area contributed by atoms with E-state index in [0.29, 0.717) is 16.7 Å². The highest BCUT2D eigenvalue weighted by Gasteiger charge is 2.47. The first kappa shape index (κ1) is 24.8. The number of hydrogen-bond donors (Lipinski definition) is 4. The van der Waals surface area contributed by atoms with Crippen LogP contribution in [0.25, 0.3) is 0 Å². The molecule has 3 aromatic rings. The van der Waals surface area contributed by atoms with Gasteiger partial charge in [0.2, 0.25) is 11.8 Å². The molecule has 0 unspecified atom stereocenters. The van der Waals surface area contributed by atoms with Crippen LogP contribution in [-0.4, -0.2) is 40.9 Å². The van der Waals surface area contributed by atoms with Crippen molar-refractivity contribution >= 4 is 17.6 Å². The van der Waals surface area contributed by atoms with Gasteiger partial charge in [0.1, 0.15) is 11.5 Å². The van der Waals surface area contributed by atoms with Gasteiger partial charge < -0.3 is 21.9 Å². The average Bonchev–Trinajstić information content (AvgIpc) is 2.85. The maximum absolute atomic E-state index is 14.5. The molecule has 0 bridgehead atoms. The molecule has 0 heterocycles. The highest BCUT2D eigenvalue weighted by molar-refractivity contribution is 6.04. The van der Waals surface area contributed by atoms with E-state index in [4.69, 9.17) is 11.5 Å². The van der Waals surface area contributed by atoms with Crippen molar-refractivity contribution in [3.05, 3.63) is 108 Å². The predicted octanol–water partition coefficient (Wildman–Crippen LogP) is 1.66. The van der Waals surface area contributed by atoms with Gasteiger partial charge in [-0.05, 0) is 23.6 Å². The largest absolute Gasteiger partial charge is 0.391 e. The van der Waals surface area contributed by atoms with Crippen LogP contribution in [0.15, 0.2) is 91.0 Å². The van der Waals surface area contributed by atoms with Gasteiger partial charge >= 0.3 is 0 Å². The minimum Gasteiger partial charge on any atom is -0.391 e. The van der Waals surface area contributed by atoms with Crippen LogP contribution in [-0.2, 0) is 19.8 Å². The summed E-state index contributed by atoms with van der Waals surface area (Å²) in [4.78, 5) is 39.2. The number of aliphatic hydroxyl groups excluding tert-OH is 1. The van der Waals surface area contributed by atoms with Crippen molar-refractivity contribution in [1.29, 1.82) is 0 Å². The quantitative estimate of drug-likeness (QED) is 0.342. The van der Waals surface area contributed by atoms with Gasteiger partial charge in [-0.1, -0.05) is 91.0 Å². The highest BCUT2D eigenvalue weighted by Crippen LogP contribution is 2.41. The van der Waals surface area contributed by atoms with Crippen LogP contribution < -0.4 is 16.8 Å². The number of nitrogens with two attached hydrogens (primary N) is 2. The van der Waals surface area contributed by atoms with Crippen molar-refractivity contribution in [1.82, 2.24) is 5.32 Å². The molecule has 6 N–H and O–H groups in total. The zero-order valence-electron chi connectivity index (χ0n) is 18.9. The summed E-state index contributed by atoms with van der Waals surface area (Å²) in [6, 6.07) is 25.0. The Hall–Kier alpha value is -3.81. The third kappa shape index (κ3) is 5.06. The van der Waals surface area contributed by atoms with Crippen molar-refractivity contribution in [2.45, 2.75) is 36.9 Å². The van der Waals surface area contributed by atoms with Crippen molar-refractivity contribution in [2.75, 3.05) is 0 Å². The van der Waals surface area contributed by atoms with Crippen LogP contribution in [0.3, 0.4) is 0 Å². The molecule has 7 heteroatoms. The number of rotatable bonds is 10. The van der Waals surface area contributed by atoms with Crippen LogP contribution in [0, 0.1) is 0 Å². The van der Waals surface area contributed by atoms with E-state index < -0.39 is 47.6 Å². The molecule has 0 fully saturated rings. The molecular formula is C27H29N3O4. The number of hydrogen-bond acceptors (Lipinski definition) is 5.